The number of nitrogens with zero attached hydrogens (tertiary/aromatic N) is 3. The second-order valence-electron chi connectivity index (χ2n) is 5.99. The highest BCUT2D eigenvalue weighted by atomic mass is 32.1. The lowest BCUT2D eigenvalue weighted by atomic mass is 9.94. The summed E-state index contributed by atoms with van der Waals surface area (Å²) in [6.07, 6.45) is 6.08. The molecule has 1 aliphatic rings. The standard InChI is InChI=1S/C16H30N4S/c1-4-20(5-2)16-18-13-15(21-16)12-17-9-6-14-7-10-19(3)11-8-14/h13-14,17H,4-12H2,1-3H3. The van der Waals surface area contributed by atoms with E-state index in [2.05, 4.69) is 41.0 Å². The monoisotopic (exact) mass is 310 g/mol. The fourth-order valence-electron chi connectivity index (χ4n) is 2.89. The van der Waals surface area contributed by atoms with Crippen molar-refractivity contribution in [2.45, 2.75) is 39.7 Å². The van der Waals surface area contributed by atoms with Gasteiger partial charge in [-0.15, -0.1) is 11.3 Å². The summed E-state index contributed by atoms with van der Waals surface area (Å²) in [5, 5.41) is 4.75. The van der Waals surface area contributed by atoms with E-state index in [9.17, 15) is 0 Å². The highest BCUT2D eigenvalue weighted by Gasteiger charge is 2.15. The van der Waals surface area contributed by atoms with Gasteiger partial charge in [-0.05, 0) is 65.7 Å². The zero-order valence-corrected chi connectivity index (χ0v) is 14.6. The van der Waals surface area contributed by atoms with Crippen molar-refractivity contribution in [3.8, 4) is 0 Å². The normalized spacial score (nSPS) is 17.3. The number of likely N-dealkylation sites (tertiary alicyclic amines) is 1. The van der Waals surface area contributed by atoms with Crippen LogP contribution in [0.3, 0.4) is 0 Å². The van der Waals surface area contributed by atoms with E-state index < -0.39 is 0 Å². The fourth-order valence-corrected chi connectivity index (χ4v) is 3.89. The quantitative estimate of drug-likeness (QED) is 0.748. The molecule has 4 nitrogen and oxygen atoms in total. The molecule has 1 aromatic heterocycles. The summed E-state index contributed by atoms with van der Waals surface area (Å²) in [7, 11) is 2.23. The number of thiazole rings is 1. The molecule has 0 radical (unpaired) electrons. The zero-order valence-electron chi connectivity index (χ0n) is 13.8. The highest BCUT2D eigenvalue weighted by molar-refractivity contribution is 7.15. The number of piperidine rings is 1. The molecular formula is C16H30N4S. The topological polar surface area (TPSA) is 31.4 Å². The Bertz CT molecular complexity index is 395. The van der Waals surface area contributed by atoms with Crippen LogP contribution < -0.4 is 10.2 Å². The fraction of sp³-hybridized carbons (Fsp3) is 0.812. The van der Waals surface area contributed by atoms with E-state index >= 15 is 0 Å². The minimum Gasteiger partial charge on any atom is -0.349 e. The first kappa shape index (κ1) is 16.7. The van der Waals surface area contributed by atoms with E-state index in [1.54, 1.807) is 0 Å². The van der Waals surface area contributed by atoms with Crippen molar-refractivity contribution < 1.29 is 0 Å². The van der Waals surface area contributed by atoms with Crippen molar-refractivity contribution in [1.29, 1.82) is 0 Å². The molecule has 1 fully saturated rings. The molecule has 1 N–H and O–H groups in total. The Kier molecular flexibility index (Phi) is 6.93. The average molecular weight is 311 g/mol. The maximum atomic E-state index is 4.53. The van der Waals surface area contributed by atoms with Gasteiger partial charge in [0.25, 0.3) is 0 Å². The van der Waals surface area contributed by atoms with Crippen molar-refractivity contribution in [2.24, 2.45) is 5.92 Å². The first-order chi connectivity index (χ1) is 10.2. The number of hydrogen-bond donors (Lipinski definition) is 1. The average Bonchev–Trinajstić information content (AvgIpc) is 2.96. The molecule has 0 amide bonds. The van der Waals surface area contributed by atoms with Gasteiger partial charge in [0.15, 0.2) is 5.13 Å². The molecule has 0 aromatic carbocycles. The van der Waals surface area contributed by atoms with Crippen LogP contribution in [0.2, 0.25) is 0 Å². The van der Waals surface area contributed by atoms with Crippen LogP contribution in [0.15, 0.2) is 6.20 Å². The van der Waals surface area contributed by atoms with Crippen molar-refractivity contribution in [3.05, 3.63) is 11.1 Å². The van der Waals surface area contributed by atoms with E-state index in [-0.39, 0.29) is 0 Å². The lowest BCUT2D eigenvalue weighted by Gasteiger charge is -2.28. The van der Waals surface area contributed by atoms with Crippen LogP contribution in [0, 0.1) is 5.92 Å². The van der Waals surface area contributed by atoms with E-state index in [0.717, 1.165) is 37.2 Å². The van der Waals surface area contributed by atoms with E-state index in [0.29, 0.717) is 0 Å². The van der Waals surface area contributed by atoms with Gasteiger partial charge in [-0.3, -0.25) is 0 Å². The van der Waals surface area contributed by atoms with Crippen molar-refractivity contribution in [2.75, 3.05) is 44.7 Å². The zero-order chi connectivity index (χ0) is 15.1. The molecule has 5 heteroatoms. The number of hydrogen-bond acceptors (Lipinski definition) is 5. The van der Waals surface area contributed by atoms with Crippen LogP contribution in [0.4, 0.5) is 5.13 Å². The van der Waals surface area contributed by atoms with Gasteiger partial charge in [0.05, 0.1) is 0 Å². The number of anilines is 1. The lowest BCUT2D eigenvalue weighted by molar-refractivity contribution is 0.211. The Morgan fingerprint density at radius 1 is 1.33 bits per heavy atom. The summed E-state index contributed by atoms with van der Waals surface area (Å²) in [5.41, 5.74) is 0. The van der Waals surface area contributed by atoms with Gasteiger partial charge < -0.3 is 15.1 Å². The summed E-state index contributed by atoms with van der Waals surface area (Å²) >= 11 is 1.82. The van der Waals surface area contributed by atoms with Crippen molar-refractivity contribution >= 4 is 16.5 Å². The van der Waals surface area contributed by atoms with Gasteiger partial charge in [0.2, 0.25) is 0 Å². The largest absolute Gasteiger partial charge is 0.349 e. The minimum absolute atomic E-state index is 0.918. The maximum Gasteiger partial charge on any atom is 0.185 e. The summed E-state index contributed by atoms with van der Waals surface area (Å²) in [6.45, 7) is 11.1. The first-order valence-electron chi connectivity index (χ1n) is 8.31. The second-order valence-corrected chi connectivity index (χ2v) is 7.09. The molecule has 120 valence electrons. The lowest BCUT2D eigenvalue weighted by Crippen LogP contribution is -2.31. The van der Waals surface area contributed by atoms with E-state index in [1.807, 2.05) is 17.5 Å². The molecular weight excluding hydrogens is 280 g/mol. The summed E-state index contributed by atoms with van der Waals surface area (Å²) < 4.78 is 0. The third-order valence-corrected chi connectivity index (χ3v) is 5.50. The molecule has 1 saturated heterocycles. The van der Waals surface area contributed by atoms with Gasteiger partial charge >= 0.3 is 0 Å². The van der Waals surface area contributed by atoms with Crippen LogP contribution >= 0.6 is 11.3 Å². The Hall–Kier alpha value is -0.650. The predicted molar refractivity (Wildman–Crippen MR) is 92.2 cm³/mol. The maximum absolute atomic E-state index is 4.53. The second kappa shape index (κ2) is 8.71. The Balaban J connectivity index is 1.64. The molecule has 0 aliphatic carbocycles. The minimum atomic E-state index is 0.918. The first-order valence-corrected chi connectivity index (χ1v) is 9.13. The molecule has 1 aromatic rings. The Morgan fingerprint density at radius 2 is 2.05 bits per heavy atom. The molecule has 0 bridgehead atoms. The summed E-state index contributed by atoms with van der Waals surface area (Å²) in [5.74, 6) is 0.918. The van der Waals surface area contributed by atoms with Crippen LogP contribution in [-0.2, 0) is 6.54 Å². The molecule has 0 spiro atoms. The van der Waals surface area contributed by atoms with E-state index in [4.69, 9.17) is 0 Å². The third kappa shape index (κ3) is 5.24. The molecule has 0 atom stereocenters. The molecule has 21 heavy (non-hydrogen) atoms. The summed E-state index contributed by atoms with van der Waals surface area (Å²) in [6, 6.07) is 0. The van der Waals surface area contributed by atoms with Gasteiger partial charge in [0, 0.05) is 30.7 Å². The number of aromatic nitrogens is 1. The third-order valence-electron chi connectivity index (χ3n) is 4.44. The van der Waals surface area contributed by atoms with Gasteiger partial charge in [-0.25, -0.2) is 4.98 Å². The SMILES string of the molecule is CCN(CC)c1ncc(CNCCC2CCN(C)CC2)s1. The molecule has 1 aliphatic heterocycles. The number of nitrogens with one attached hydrogen (secondary N) is 1. The molecule has 0 saturated carbocycles. The van der Waals surface area contributed by atoms with Crippen LogP contribution in [0.25, 0.3) is 0 Å². The van der Waals surface area contributed by atoms with Crippen molar-refractivity contribution in [3.63, 3.8) is 0 Å². The predicted octanol–water partition coefficient (Wildman–Crippen LogP) is 2.81. The summed E-state index contributed by atoms with van der Waals surface area (Å²) in [4.78, 5) is 10.6. The molecule has 0 unspecified atom stereocenters. The number of rotatable bonds is 8. The van der Waals surface area contributed by atoms with Crippen LogP contribution in [-0.4, -0.2) is 49.7 Å². The van der Waals surface area contributed by atoms with Crippen LogP contribution in [0.5, 0.6) is 0 Å². The van der Waals surface area contributed by atoms with Crippen molar-refractivity contribution in [1.82, 2.24) is 15.2 Å². The molecule has 2 rings (SSSR count). The smallest absolute Gasteiger partial charge is 0.185 e. The molecule has 2 heterocycles. The van der Waals surface area contributed by atoms with E-state index in [1.165, 1.54) is 37.2 Å². The highest BCUT2D eigenvalue weighted by Crippen LogP contribution is 2.22. The van der Waals surface area contributed by atoms with Gasteiger partial charge in [-0.1, -0.05) is 0 Å². The Labute approximate surface area is 133 Å². The van der Waals surface area contributed by atoms with Gasteiger partial charge in [-0.2, -0.15) is 0 Å². The van der Waals surface area contributed by atoms with Gasteiger partial charge in [0.1, 0.15) is 0 Å². The Morgan fingerprint density at radius 3 is 2.71 bits per heavy atom. The van der Waals surface area contributed by atoms with Crippen LogP contribution in [0.1, 0.15) is 38.0 Å².